The standard InChI is InChI=1S/C23H32FN7O/c1-25-23(30-11-12-31(22(32)17-30)20-14-27-28(2)16-20)26-13-18-7-9-29(10-8-18)15-19-5-3-4-6-21(19)24/h3-6,14,16,18H,7-13,15,17H2,1-2H3,(H,25,26). The molecule has 1 aromatic heterocycles. The number of piperidine rings is 1. The van der Waals surface area contributed by atoms with E-state index < -0.39 is 0 Å². The highest BCUT2D eigenvalue weighted by Gasteiger charge is 2.28. The van der Waals surface area contributed by atoms with Gasteiger partial charge in [-0.05, 0) is 37.9 Å². The van der Waals surface area contributed by atoms with Gasteiger partial charge in [0.1, 0.15) is 12.4 Å². The second-order valence-electron chi connectivity index (χ2n) is 8.58. The molecular formula is C23H32FN7O. The van der Waals surface area contributed by atoms with E-state index in [9.17, 15) is 9.18 Å². The highest BCUT2D eigenvalue weighted by Crippen LogP contribution is 2.20. The highest BCUT2D eigenvalue weighted by atomic mass is 19.1. The van der Waals surface area contributed by atoms with Crippen LogP contribution in [0.4, 0.5) is 10.1 Å². The van der Waals surface area contributed by atoms with Crippen LogP contribution in [0.3, 0.4) is 0 Å². The Bertz CT molecular complexity index is 951. The molecule has 2 aromatic rings. The van der Waals surface area contributed by atoms with Gasteiger partial charge in [-0.25, -0.2) is 4.39 Å². The number of aryl methyl sites for hydroxylation is 1. The van der Waals surface area contributed by atoms with Crippen LogP contribution >= 0.6 is 0 Å². The molecule has 172 valence electrons. The Labute approximate surface area is 188 Å². The van der Waals surface area contributed by atoms with Gasteiger partial charge < -0.3 is 15.1 Å². The zero-order valence-electron chi connectivity index (χ0n) is 18.9. The van der Waals surface area contributed by atoms with Crippen LogP contribution in [0.15, 0.2) is 41.7 Å². The Morgan fingerprint density at radius 3 is 2.66 bits per heavy atom. The van der Waals surface area contributed by atoms with Crippen molar-refractivity contribution < 1.29 is 9.18 Å². The van der Waals surface area contributed by atoms with Crippen LogP contribution in [-0.2, 0) is 18.4 Å². The molecule has 4 rings (SSSR count). The first-order valence-electron chi connectivity index (χ1n) is 11.2. The number of aliphatic imine (C=N–C) groups is 1. The van der Waals surface area contributed by atoms with E-state index in [1.165, 1.54) is 6.07 Å². The van der Waals surface area contributed by atoms with Gasteiger partial charge >= 0.3 is 0 Å². The molecule has 0 unspecified atom stereocenters. The van der Waals surface area contributed by atoms with Gasteiger partial charge in [0.25, 0.3) is 0 Å². The maximum absolute atomic E-state index is 13.9. The lowest BCUT2D eigenvalue weighted by Gasteiger charge is -2.36. The van der Waals surface area contributed by atoms with Crippen LogP contribution in [0, 0.1) is 11.7 Å². The summed E-state index contributed by atoms with van der Waals surface area (Å²) >= 11 is 0. The molecule has 0 radical (unpaired) electrons. The average Bonchev–Trinajstić information content (AvgIpc) is 3.23. The fourth-order valence-corrected chi connectivity index (χ4v) is 4.46. The molecule has 0 spiro atoms. The molecule has 2 aliphatic heterocycles. The number of rotatable bonds is 5. The minimum absolute atomic E-state index is 0.0497. The lowest BCUT2D eigenvalue weighted by Crippen LogP contribution is -2.56. The number of likely N-dealkylation sites (tertiary alicyclic amines) is 1. The number of guanidine groups is 1. The molecule has 0 aliphatic carbocycles. The number of benzene rings is 1. The molecule has 0 saturated carbocycles. The maximum Gasteiger partial charge on any atom is 0.246 e. The molecule has 1 amide bonds. The van der Waals surface area contributed by atoms with Crippen molar-refractivity contribution in [2.24, 2.45) is 18.0 Å². The van der Waals surface area contributed by atoms with E-state index in [1.807, 2.05) is 30.3 Å². The van der Waals surface area contributed by atoms with Gasteiger partial charge in [-0.2, -0.15) is 5.10 Å². The molecule has 8 nitrogen and oxygen atoms in total. The number of carbonyl (C=O) groups excluding carboxylic acids is 1. The topological polar surface area (TPSA) is 69.0 Å². The van der Waals surface area contributed by atoms with Crippen LogP contribution < -0.4 is 10.2 Å². The fourth-order valence-electron chi connectivity index (χ4n) is 4.46. The third kappa shape index (κ3) is 5.27. The highest BCUT2D eigenvalue weighted by molar-refractivity contribution is 5.98. The van der Waals surface area contributed by atoms with Crippen LogP contribution in [0.25, 0.3) is 0 Å². The summed E-state index contributed by atoms with van der Waals surface area (Å²) in [6.45, 7) is 5.05. The van der Waals surface area contributed by atoms with Crippen molar-refractivity contribution in [1.29, 1.82) is 0 Å². The van der Waals surface area contributed by atoms with E-state index in [0.29, 0.717) is 25.6 Å². The van der Waals surface area contributed by atoms with E-state index >= 15 is 0 Å². The Morgan fingerprint density at radius 1 is 1.22 bits per heavy atom. The van der Waals surface area contributed by atoms with Gasteiger partial charge in [0, 0.05) is 52.0 Å². The number of carbonyl (C=O) groups is 1. The third-order valence-corrected chi connectivity index (χ3v) is 6.34. The van der Waals surface area contributed by atoms with Crippen molar-refractivity contribution in [2.45, 2.75) is 19.4 Å². The molecule has 1 aromatic carbocycles. The summed E-state index contributed by atoms with van der Waals surface area (Å²) in [5.41, 5.74) is 1.60. The van der Waals surface area contributed by atoms with Crippen molar-refractivity contribution >= 4 is 17.6 Å². The predicted octanol–water partition coefficient (Wildman–Crippen LogP) is 1.70. The number of piperazine rings is 1. The first-order valence-corrected chi connectivity index (χ1v) is 11.2. The van der Waals surface area contributed by atoms with Crippen LogP contribution in [0.5, 0.6) is 0 Å². The smallest absolute Gasteiger partial charge is 0.246 e. The first kappa shape index (κ1) is 22.3. The summed E-state index contributed by atoms with van der Waals surface area (Å²) in [7, 11) is 3.61. The van der Waals surface area contributed by atoms with E-state index in [-0.39, 0.29) is 11.7 Å². The number of aromatic nitrogens is 2. The van der Waals surface area contributed by atoms with Gasteiger partial charge in [0.15, 0.2) is 5.96 Å². The lowest BCUT2D eigenvalue weighted by atomic mass is 9.96. The molecule has 3 heterocycles. The van der Waals surface area contributed by atoms with Crippen LogP contribution in [0.1, 0.15) is 18.4 Å². The maximum atomic E-state index is 13.9. The van der Waals surface area contributed by atoms with Gasteiger partial charge in [-0.15, -0.1) is 0 Å². The van der Waals surface area contributed by atoms with Crippen molar-refractivity contribution in [3.05, 3.63) is 48.0 Å². The van der Waals surface area contributed by atoms with Crippen molar-refractivity contribution in [1.82, 2.24) is 24.9 Å². The van der Waals surface area contributed by atoms with Crippen molar-refractivity contribution in [3.8, 4) is 0 Å². The fraction of sp³-hybridized carbons (Fsp3) is 0.522. The molecule has 2 aliphatic rings. The summed E-state index contributed by atoms with van der Waals surface area (Å²) in [4.78, 5) is 23.2. The monoisotopic (exact) mass is 441 g/mol. The normalized spacial score (nSPS) is 19.0. The molecular weight excluding hydrogens is 409 g/mol. The second kappa shape index (κ2) is 10.1. The van der Waals surface area contributed by atoms with Crippen LogP contribution in [-0.4, -0.2) is 77.8 Å². The molecule has 9 heteroatoms. The number of anilines is 1. The summed E-state index contributed by atoms with van der Waals surface area (Å²) in [6.07, 6.45) is 5.71. The summed E-state index contributed by atoms with van der Waals surface area (Å²) in [5, 5.41) is 7.63. The minimum Gasteiger partial charge on any atom is -0.356 e. The van der Waals surface area contributed by atoms with Gasteiger partial charge in [0.05, 0.1) is 11.9 Å². The van der Waals surface area contributed by atoms with Gasteiger partial charge in [-0.1, -0.05) is 18.2 Å². The Kier molecular flexibility index (Phi) is 7.04. The molecule has 0 atom stereocenters. The zero-order valence-corrected chi connectivity index (χ0v) is 18.9. The third-order valence-electron chi connectivity index (χ3n) is 6.34. The van der Waals surface area contributed by atoms with Gasteiger partial charge in [0.2, 0.25) is 5.91 Å². The number of hydrogen-bond donors (Lipinski definition) is 1. The number of halogens is 1. The number of hydrogen-bond acceptors (Lipinski definition) is 4. The van der Waals surface area contributed by atoms with E-state index in [1.54, 1.807) is 28.9 Å². The number of amides is 1. The number of nitrogens with one attached hydrogen (secondary N) is 1. The van der Waals surface area contributed by atoms with E-state index in [4.69, 9.17) is 0 Å². The quantitative estimate of drug-likeness (QED) is 0.565. The van der Waals surface area contributed by atoms with Gasteiger partial charge in [-0.3, -0.25) is 19.4 Å². The molecule has 32 heavy (non-hydrogen) atoms. The Balaban J connectivity index is 1.22. The largest absolute Gasteiger partial charge is 0.356 e. The second-order valence-corrected chi connectivity index (χ2v) is 8.58. The van der Waals surface area contributed by atoms with E-state index in [0.717, 1.165) is 56.2 Å². The Hall–Kier alpha value is -2.94. The SMILES string of the molecule is CN=C(NCC1CCN(Cc2ccccc2F)CC1)N1CCN(c2cnn(C)c2)C(=O)C1. The van der Waals surface area contributed by atoms with E-state index in [2.05, 4.69) is 20.3 Å². The zero-order chi connectivity index (χ0) is 22.5. The lowest BCUT2D eigenvalue weighted by molar-refractivity contribution is -0.120. The minimum atomic E-state index is -0.127. The van der Waals surface area contributed by atoms with Crippen molar-refractivity contribution in [3.63, 3.8) is 0 Å². The molecule has 2 fully saturated rings. The summed E-state index contributed by atoms with van der Waals surface area (Å²) < 4.78 is 15.6. The first-order chi connectivity index (χ1) is 15.5. The molecule has 1 N–H and O–H groups in total. The molecule has 2 saturated heterocycles. The van der Waals surface area contributed by atoms with Crippen LogP contribution in [0.2, 0.25) is 0 Å². The number of nitrogens with zero attached hydrogens (tertiary/aromatic N) is 6. The average molecular weight is 442 g/mol. The molecule has 0 bridgehead atoms. The predicted molar refractivity (Wildman–Crippen MR) is 123 cm³/mol. The van der Waals surface area contributed by atoms with Crippen molar-refractivity contribution in [2.75, 3.05) is 51.2 Å². The summed E-state index contributed by atoms with van der Waals surface area (Å²) in [5.74, 6) is 1.24. The summed E-state index contributed by atoms with van der Waals surface area (Å²) in [6, 6.07) is 7.01. The Morgan fingerprint density at radius 2 is 2.00 bits per heavy atom.